The van der Waals surface area contributed by atoms with Crippen LogP contribution in [-0.2, 0) is 48.3 Å². The molecule has 4 atom stereocenters. The summed E-state index contributed by atoms with van der Waals surface area (Å²) >= 11 is 0. The van der Waals surface area contributed by atoms with Gasteiger partial charge in [-0.1, -0.05) is 117 Å². The van der Waals surface area contributed by atoms with Crippen LogP contribution in [0.15, 0.2) is 159 Å². The molecule has 0 spiro atoms. The number of aldehydes is 1. The fourth-order valence-electron chi connectivity index (χ4n) is 7.77. The van der Waals surface area contributed by atoms with Crippen molar-refractivity contribution in [2.24, 2.45) is 5.92 Å². The highest BCUT2D eigenvalue weighted by molar-refractivity contribution is 5.91. The van der Waals surface area contributed by atoms with Gasteiger partial charge in [-0.05, 0) is 64.1 Å². The summed E-state index contributed by atoms with van der Waals surface area (Å²) in [5.74, 6) is -3.53. The van der Waals surface area contributed by atoms with Crippen molar-refractivity contribution in [2.75, 3.05) is 26.4 Å². The molecule has 62 heavy (non-hydrogen) atoms. The van der Waals surface area contributed by atoms with Crippen LogP contribution >= 0.6 is 0 Å². The van der Waals surface area contributed by atoms with Crippen molar-refractivity contribution in [3.63, 3.8) is 0 Å². The molecule has 0 radical (unpaired) electrons. The zero-order valence-electron chi connectivity index (χ0n) is 33.9. The van der Waals surface area contributed by atoms with Gasteiger partial charge in [0, 0.05) is 18.6 Å². The zero-order valence-corrected chi connectivity index (χ0v) is 33.9. The van der Waals surface area contributed by atoms with Crippen LogP contribution < -0.4 is 9.47 Å². The van der Waals surface area contributed by atoms with Crippen LogP contribution in [0.4, 0.5) is 0 Å². The van der Waals surface area contributed by atoms with Gasteiger partial charge in [-0.25, -0.2) is 14.4 Å². The van der Waals surface area contributed by atoms with Crippen LogP contribution in [0.2, 0.25) is 0 Å². The van der Waals surface area contributed by atoms with Crippen molar-refractivity contribution < 1.29 is 57.5 Å². The number of ether oxygens (including phenoxy) is 6. The topological polar surface area (TPSA) is 161 Å². The van der Waals surface area contributed by atoms with Gasteiger partial charge >= 0.3 is 23.9 Å². The number of carboxylic acids is 1. The normalized spacial score (nSPS) is 17.7. The van der Waals surface area contributed by atoms with E-state index in [1.807, 2.05) is 72.8 Å². The van der Waals surface area contributed by atoms with Gasteiger partial charge in [0.1, 0.15) is 49.6 Å². The molecule has 0 amide bonds. The second-order valence-corrected chi connectivity index (χ2v) is 14.6. The van der Waals surface area contributed by atoms with Crippen LogP contribution in [0.3, 0.4) is 0 Å². The quantitative estimate of drug-likeness (QED) is 0.0197. The molecule has 0 heterocycles. The first-order valence-electron chi connectivity index (χ1n) is 19.8. The summed E-state index contributed by atoms with van der Waals surface area (Å²) in [6, 6.07) is 31.5. The molecule has 0 saturated carbocycles. The molecule has 6 rings (SSSR count). The molecule has 0 fully saturated rings. The van der Waals surface area contributed by atoms with Gasteiger partial charge in [0.05, 0.1) is 16.9 Å². The lowest BCUT2D eigenvalue weighted by Gasteiger charge is -2.37. The average molecular weight is 839 g/mol. The van der Waals surface area contributed by atoms with Gasteiger partial charge < -0.3 is 38.3 Å². The second kappa shape index (κ2) is 19.8. The maximum Gasteiger partial charge on any atom is 0.338 e. The monoisotopic (exact) mass is 838 g/mol. The standard InChI is InChI=1S/C50H46O12/c1-5-33(4)48(56)61-38(29-59-45(52)6-2)28-57-36-23-19-34(20-24-36)50(42-16-10-8-14-40(42)41-15-9-11-17-43(41)50)35-21-25-37(26-22-35)58-30-39(31-60-46(53)7-3)62-49(32-51)27-13-12-18-44(49)47(54)55/h5-17,19-26,32,38-39,44H,1-4,18,27-31H2,(H,54,55). The number of carbonyl (C=O) groups is 5. The number of esters is 3. The number of aliphatic carboxylic acids is 1. The Morgan fingerprint density at radius 2 is 1.18 bits per heavy atom. The molecule has 1 N–H and O–H groups in total. The van der Waals surface area contributed by atoms with E-state index in [9.17, 15) is 29.1 Å². The first-order chi connectivity index (χ1) is 30.0. The molecule has 12 nitrogen and oxygen atoms in total. The number of rotatable bonds is 21. The number of benzene rings is 4. The van der Waals surface area contributed by atoms with E-state index in [-0.39, 0.29) is 44.8 Å². The van der Waals surface area contributed by atoms with E-state index >= 15 is 0 Å². The molecule has 12 heteroatoms. The Hall–Kier alpha value is -7.31. The summed E-state index contributed by atoms with van der Waals surface area (Å²) in [4.78, 5) is 60.9. The van der Waals surface area contributed by atoms with Gasteiger partial charge in [-0.2, -0.15) is 0 Å². The summed E-state index contributed by atoms with van der Waals surface area (Å²) < 4.78 is 34.3. The van der Waals surface area contributed by atoms with E-state index in [1.54, 1.807) is 12.2 Å². The largest absolute Gasteiger partial charge is 0.491 e. The van der Waals surface area contributed by atoms with E-state index in [0.29, 0.717) is 17.8 Å². The number of carbonyl (C=O) groups excluding carboxylic acids is 4. The van der Waals surface area contributed by atoms with Crippen LogP contribution in [0.25, 0.3) is 11.1 Å². The maximum atomic E-state index is 12.5. The Morgan fingerprint density at radius 3 is 1.66 bits per heavy atom. The molecular weight excluding hydrogens is 793 g/mol. The fourth-order valence-corrected chi connectivity index (χ4v) is 7.77. The maximum absolute atomic E-state index is 12.5. The number of hydrogen-bond acceptors (Lipinski definition) is 11. The molecule has 2 aliphatic rings. The van der Waals surface area contributed by atoms with E-state index in [4.69, 9.17) is 28.4 Å². The Labute approximate surface area is 359 Å². The Kier molecular flexibility index (Phi) is 14.2. The highest BCUT2D eigenvalue weighted by Crippen LogP contribution is 2.56. The highest BCUT2D eigenvalue weighted by Gasteiger charge is 2.47. The first-order valence-corrected chi connectivity index (χ1v) is 19.8. The minimum atomic E-state index is -1.69. The summed E-state index contributed by atoms with van der Waals surface area (Å²) in [6.07, 6.45) is 5.33. The summed E-state index contributed by atoms with van der Waals surface area (Å²) in [6.45, 7) is 13.1. The van der Waals surface area contributed by atoms with Crippen molar-refractivity contribution in [3.05, 3.63) is 182 Å². The minimum absolute atomic E-state index is 0.0297. The molecule has 4 aromatic carbocycles. The van der Waals surface area contributed by atoms with Crippen molar-refractivity contribution in [2.45, 2.75) is 36.1 Å². The van der Waals surface area contributed by atoms with Crippen LogP contribution in [0, 0.1) is 5.92 Å². The third-order valence-corrected chi connectivity index (χ3v) is 10.8. The fraction of sp³-hybridized carbons (Fsp3) is 0.220. The number of carboxylic acid groups (broad SMARTS) is 1. The third kappa shape index (κ3) is 9.35. The molecule has 318 valence electrons. The Bertz CT molecular complexity index is 2330. The van der Waals surface area contributed by atoms with Crippen LogP contribution in [-0.4, -0.2) is 79.5 Å². The number of hydrogen-bond donors (Lipinski definition) is 1. The Balaban J connectivity index is 1.29. The lowest BCUT2D eigenvalue weighted by Crippen LogP contribution is -2.51. The predicted octanol–water partition coefficient (Wildman–Crippen LogP) is 7.29. The van der Waals surface area contributed by atoms with Gasteiger partial charge in [0.15, 0.2) is 12.4 Å². The van der Waals surface area contributed by atoms with Crippen molar-refractivity contribution in [3.8, 4) is 22.6 Å². The van der Waals surface area contributed by atoms with E-state index in [2.05, 4.69) is 50.6 Å². The number of allylic oxidation sites excluding steroid dienone is 1. The molecule has 0 aliphatic heterocycles. The highest BCUT2D eigenvalue weighted by atomic mass is 16.6. The van der Waals surface area contributed by atoms with Crippen molar-refractivity contribution in [1.82, 2.24) is 0 Å². The lowest BCUT2D eigenvalue weighted by molar-refractivity contribution is -0.180. The van der Waals surface area contributed by atoms with Crippen LogP contribution in [0.5, 0.6) is 11.5 Å². The summed E-state index contributed by atoms with van der Waals surface area (Å²) in [5.41, 5.74) is 3.63. The molecular formula is C50H46O12. The number of fused-ring (bicyclic) bond motifs is 3. The van der Waals surface area contributed by atoms with Gasteiger partial charge in [-0.15, -0.1) is 0 Å². The zero-order chi connectivity index (χ0) is 44.3. The van der Waals surface area contributed by atoms with Crippen LogP contribution in [0.1, 0.15) is 35.1 Å². The van der Waals surface area contributed by atoms with Gasteiger partial charge in [0.2, 0.25) is 0 Å². The molecule has 0 saturated heterocycles. The van der Waals surface area contributed by atoms with Gasteiger partial charge in [-0.3, -0.25) is 4.79 Å². The summed E-state index contributed by atoms with van der Waals surface area (Å²) in [5, 5.41) is 9.93. The van der Waals surface area contributed by atoms with E-state index < -0.39 is 53.0 Å². The summed E-state index contributed by atoms with van der Waals surface area (Å²) in [7, 11) is 0. The smallest absolute Gasteiger partial charge is 0.338 e. The Morgan fingerprint density at radius 1 is 0.677 bits per heavy atom. The lowest BCUT2D eigenvalue weighted by atomic mass is 9.68. The van der Waals surface area contributed by atoms with E-state index in [1.165, 1.54) is 6.08 Å². The molecule has 4 aromatic rings. The molecule has 4 unspecified atom stereocenters. The molecule has 0 aromatic heterocycles. The third-order valence-electron chi connectivity index (χ3n) is 10.8. The van der Waals surface area contributed by atoms with Crippen molar-refractivity contribution in [1.29, 1.82) is 0 Å². The van der Waals surface area contributed by atoms with Crippen molar-refractivity contribution >= 4 is 30.2 Å². The predicted molar refractivity (Wildman–Crippen MR) is 229 cm³/mol. The van der Waals surface area contributed by atoms with E-state index in [0.717, 1.165) is 45.5 Å². The minimum Gasteiger partial charge on any atom is -0.491 e. The first kappa shape index (κ1) is 44.2. The average Bonchev–Trinajstić information content (AvgIpc) is 3.61. The SMILES string of the molecule is C=CC(=C)C(=O)OC(COC(=O)C=C)COc1ccc(C2(c3ccc(OCC(COC(=O)C=C)OC4(C=O)CC=CCC4C(=O)O)cc3)c3ccccc3-c3ccccc32)cc1. The molecule has 2 aliphatic carbocycles. The second-order valence-electron chi connectivity index (χ2n) is 14.6. The van der Waals surface area contributed by atoms with Gasteiger partial charge in [0.25, 0.3) is 0 Å². The molecule has 0 bridgehead atoms.